The Hall–Kier alpha value is -1.17. The third-order valence-electron chi connectivity index (χ3n) is 3.17. The van der Waals surface area contributed by atoms with Crippen molar-refractivity contribution in [2.24, 2.45) is 0 Å². The summed E-state index contributed by atoms with van der Waals surface area (Å²) in [5, 5.41) is 3.33. The van der Waals surface area contributed by atoms with Gasteiger partial charge in [-0.15, -0.1) is 0 Å². The van der Waals surface area contributed by atoms with E-state index in [9.17, 15) is 0 Å². The smallest absolute Gasteiger partial charge is 0.131 e. The molecule has 114 valence electrons. The number of nitrogens with zero attached hydrogens (tertiary/aromatic N) is 2. The highest BCUT2D eigenvalue weighted by molar-refractivity contribution is 5.47. The van der Waals surface area contributed by atoms with E-state index >= 15 is 0 Å². The third-order valence-corrected chi connectivity index (χ3v) is 3.17. The Labute approximate surface area is 122 Å². The molecule has 0 aliphatic rings. The van der Waals surface area contributed by atoms with E-state index in [-0.39, 0.29) is 0 Å². The van der Waals surface area contributed by atoms with E-state index in [4.69, 9.17) is 9.47 Å². The number of aryl methyl sites for hydroxylation is 1. The van der Waals surface area contributed by atoms with E-state index in [1.165, 1.54) is 11.1 Å². The zero-order valence-electron chi connectivity index (χ0n) is 13.1. The van der Waals surface area contributed by atoms with Crippen LogP contribution in [-0.4, -0.2) is 52.1 Å². The molecule has 1 N–H and O–H groups in total. The predicted molar refractivity (Wildman–Crippen MR) is 82.3 cm³/mol. The molecule has 0 aliphatic carbocycles. The zero-order chi connectivity index (χ0) is 14.8. The quantitative estimate of drug-likeness (QED) is 0.660. The Morgan fingerprint density at radius 3 is 2.60 bits per heavy atom. The van der Waals surface area contributed by atoms with Crippen LogP contribution in [0.25, 0.3) is 0 Å². The first-order chi connectivity index (χ1) is 9.72. The van der Waals surface area contributed by atoms with Crippen LogP contribution < -0.4 is 10.2 Å². The number of hydrogen-bond acceptors (Lipinski definition) is 5. The van der Waals surface area contributed by atoms with Crippen LogP contribution in [0.3, 0.4) is 0 Å². The van der Waals surface area contributed by atoms with E-state index in [1.54, 1.807) is 14.2 Å². The number of aromatic nitrogens is 1. The van der Waals surface area contributed by atoms with Gasteiger partial charge in [0.05, 0.1) is 13.2 Å². The van der Waals surface area contributed by atoms with Crippen molar-refractivity contribution in [1.82, 2.24) is 10.3 Å². The molecule has 0 atom stereocenters. The van der Waals surface area contributed by atoms with Gasteiger partial charge in [0.2, 0.25) is 0 Å². The number of pyridine rings is 1. The van der Waals surface area contributed by atoms with Crippen LogP contribution in [0.15, 0.2) is 12.3 Å². The molecule has 0 unspecified atom stereocenters. The maximum atomic E-state index is 5.14. The summed E-state index contributed by atoms with van der Waals surface area (Å²) in [4.78, 5) is 6.84. The van der Waals surface area contributed by atoms with Gasteiger partial charge in [0.1, 0.15) is 5.82 Å². The average molecular weight is 281 g/mol. The second-order valence-electron chi connectivity index (χ2n) is 4.73. The largest absolute Gasteiger partial charge is 0.383 e. The van der Waals surface area contributed by atoms with Crippen molar-refractivity contribution in [3.63, 3.8) is 0 Å². The van der Waals surface area contributed by atoms with Gasteiger partial charge in [-0.1, -0.05) is 0 Å². The molecule has 5 nitrogen and oxygen atoms in total. The molecule has 0 saturated heterocycles. The summed E-state index contributed by atoms with van der Waals surface area (Å²) in [6, 6.07) is 2.19. The van der Waals surface area contributed by atoms with Crippen LogP contribution >= 0.6 is 0 Å². The van der Waals surface area contributed by atoms with Crippen LogP contribution in [0.1, 0.15) is 18.1 Å². The van der Waals surface area contributed by atoms with Gasteiger partial charge >= 0.3 is 0 Å². The topological polar surface area (TPSA) is 46.6 Å². The van der Waals surface area contributed by atoms with Gasteiger partial charge in [-0.05, 0) is 31.0 Å². The fraction of sp³-hybridized carbons (Fsp3) is 0.667. The van der Waals surface area contributed by atoms with Gasteiger partial charge in [0, 0.05) is 46.6 Å². The van der Waals surface area contributed by atoms with Crippen LogP contribution in [0.4, 0.5) is 5.82 Å². The number of likely N-dealkylation sites (N-methyl/N-ethyl adjacent to an activating group) is 1. The van der Waals surface area contributed by atoms with Gasteiger partial charge in [-0.3, -0.25) is 0 Å². The molecule has 0 fully saturated rings. The zero-order valence-corrected chi connectivity index (χ0v) is 13.1. The Morgan fingerprint density at radius 2 is 2.00 bits per heavy atom. The number of rotatable bonds is 10. The molecular formula is C15H27N3O2. The molecule has 0 aromatic carbocycles. The number of nitrogens with one attached hydrogen (secondary N) is 1. The monoisotopic (exact) mass is 281 g/mol. The lowest BCUT2D eigenvalue weighted by Crippen LogP contribution is -2.28. The van der Waals surface area contributed by atoms with E-state index in [1.807, 2.05) is 6.20 Å². The molecule has 0 aliphatic heterocycles. The highest BCUT2D eigenvalue weighted by Crippen LogP contribution is 2.17. The average Bonchev–Trinajstić information content (AvgIpc) is 2.46. The second kappa shape index (κ2) is 9.69. The van der Waals surface area contributed by atoms with Crippen molar-refractivity contribution in [1.29, 1.82) is 0 Å². The predicted octanol–water partition coefficient (Wildman–Crippen LogP) is 1.60. The maximum absolute atomic E-state index is 5.14. The minimum Gasteiger partial charge on any atom is -0.383 e. The van der Waals surface area contributed by atoms with Crippen molar-refractivity contribution in [3.05, 3.63) is 23.4 Å². The molecule has 5 heteroatoms. The molecule has 1 rings (SSSR count). The fourth-order valence-electron chi connectivity index (χ4n) is 2.08. The van der Waals surface area contributed by atoms with Gasteiger partial charge in [-0.25, -0.2) is 4.98 Å². The summed E-state index contributed by atoms with van der Waals surface area (Å²) in [5.41, 5.74) is 2.40. The molecule has 0 spiro atoms. The standard InChI is InChI=1S/C15H27N3O2/c1-5-18(7-9-20-4)15-13(2)10-14(12-17-15)11-16-6-8-19-3/h10,12,16H,5-9,11H2,1-4H3. The first kappa shape index (κ1) is 16.9. The minimum absolute atomic E-state index is 0.718. The summed E-state index contributed by atoms with van der Waals surface area (Å²) in [7, 11) is 3.43. The van der Waals surface area contributed by atoms with Crippen molar-refractivity contribution >= 4 is 5.82 Å². The first-order valence-corrected chi connectivity index (χ1v) is 7.12. The Bertz CT molecular complexity index is 385. The summed E-state index contributed by atoms with van der Waals surface area (Å²) in [6.07, 6.45) is 1.94. The Balaban J connectivity index is 2.61. The van der Waals surface area contributed by atoms with E-state index in [2.05, 4.69) is 35.1 Å². The van der Waals surface area contributed by atoms with E-state index in [0.29, 0.717) is 0 Å². The summed E-state index contributed by atoms with van der Waals surface area (Å²) in [6.45, 7) is 9.16. The lowest BCUT2D eigenvalue weighted by atomic mass is 10.2. The SMILES string of the molecule is CCN(CCOC)c1ncc(CNCCOC)cc1C. The first-order valence-electron chi connectivity index (χ1n) is 7.12. The fourth-order valence-corrected chi connectivity index (χ4v) is 2.08. The molecule has 1 aromatic heterocycles. The summed E-state index contributed by atoms with van der Waals surface area (Å²) in [5.74, 6) is 1.05. The molecule has 0 saturated carbocycles. The molecule has 20 heavy (non-hydrogen) atoms. The lowest BCUT2D eigenvalue weighted by Gasteiger charge is -2.23. The third kappa shape index (κ3) is 5.45. The molecule has 0 bridgehead atoms. The molecule has 1 heterocycles. The molecule has 0 radical (unpaired) electrons. The Morgan fingerprint density at radius 1 is 1.25 bits per heavy atom. The Kier molecular flexibility index (Phi) is 8.18. The summed E-state index contributed by atoms with van der Waals surface area (Å²) >= 11 is 0. The lowest BCUT2D eigenvalue weighted by molar-refractivity contribution is 0.199. The normalized spacial score (nSPS) is 10.8. The van der Waals surface area contributed by atoms with Gasteiger partial charge in [-0.2, -0.15) is 0 Å². The number of hydrogen-bond donors (Lipinski definition) is 1. The summed E-state index contributed by atoms with van der Waals surface area (Å²) < 4.78 is 10.2. The number of anilines is 1. The van der Waals surface area contributed by atoms with Gasteiger partial charge in [0.25, 0.3) is 0 Å². The van der Waals surface area contributed by atoms with E-state index < -0.39 is 0 Å². The van der Waals surface area contributed by atoms with E-state index in [0.717, 1.165) is 45.2 Å². The van der Waals surface area contributed by atoms with Crippen LogP contribution in [-0.2, 0) is 16.0 Å². The van der Waals surface area contributed by atoms with Crippen molar-refractivity contribution in [2.75, 3.05) is 52.0 Å². The van der Waals surface area contributed by atoms with Crippen LogP contribution in [0, 0.1) is 6.92 Å². The van der Waals surface area contributed by atoms with Crippen molar-refractivity contribution in [2.45, 2.75) is 20.4 Å². The second-order valence-corrected chi connectivity index (χ2v) is 4.73. The molecule has 0 amide bonds. The molecular weight excluding hydrogens is 254 g/mol. The minimum atomic E-state index is 0.718. The van der Waals surface area contributed by atoms with Crippen LogP contribution in [0.2, 0.25) is 0 Å². The van der Waals surface area contributed by atoms with Gasteiger partial charge < -0.3 is 19.7 Å². The maximum Gasteiger partial charge on any atom is 0.131 e. The van der Waals surface area contributed by atoms with Crippen LogP contribution in [0.5, 0.6) is 0 Å². The van der Waals surface area contributed by atoms with Crippen molar-refractivity contribution < 1.29 is 9.47 Å². The highest BCUT2D eigenvalue weighted by Gasteiger charge is 2.09. The molecule has 1 aromatic rings. The highest BCUT2D eigenvalue weighted by atomic mass is 16.5. The van der Waals surface area contributed by atoms with Crippen molar-refractivity contribution in [3.8, 4) is 0 Å². The number of ether oxygens (including phenoxy) is 2. The number of methoxy groups -OCH3 is 2. The van der Waals surface area contributed by atoms with Gasteiger partial charge in [0.15, 0.2) is 0 Å².